The number of carbonyl (C=O) groups excluding carboxylic acids is 1. The minimum Gasteiger partial charge on any atom is -0.451 e. The Morgan fingerprint density at radius 2 is 2.30 bits per heavy atom. The summed E-state index contributed by atoms with van der Waals surface area (Å²) in [6.07, 6.45) is 0.945. The number of benzene rings is 1. The smallest absolute Gasteiger partial charge is 0.293 e. The molecule has 0 saturated carbocycles. The van der Waals surface area contributed by atoms with E-state index in [1.807, 2.05) is 24.3 Å². The molecule has 0 saturated heterocycles. The number of anilines is 1. The first-order chi connectivity index (χ1) is 11.2. The number of hydrogen-bond acceptors (Lipinski definition) is 5. The van der Waals surface area contributed by atoms with E-state index in [9.17, 15) is 4.79 Å². The van der Waals surface area contributed by atoms with Crippen LogP contribution in [0.15, 0.2) is 34.7 Å². The zero-order valence-corrected chi connectivity index (χ0v) is 13.7. The van der Waals surface area contributed by atoms with Crippen LogP contribution in [0.2, 0.25) is 0 Å². The molecular formula is C17H17N3O2S. The van der Waals surface area contributed by atoms with E-state index in [0.717, 1.165) is 42.7 Å². The molecule has 6 heteroatoms. The van der Waals surface area contributed by atoms with Gasteiger partial charge in [0.1, 0.15) is 5.58 Å². The van der Waals surface area contributed by atoms with Gasteiger partial charge in [-0.05, 0) is 18.7 Å². The fourth-order valence-corrected chi connectivity index (χ4v) is 3.87. The fraction of sp³-hybridized carbons (Fsp3) is 0.294. The number of nitrogens with one attached hydrogen (secondary N) is 1. The topological polar surface area (TPSA) is 58.4 Å². The molecule has 0 atom stereocenters. The van der Waals surface area contributed by atoms with Crippen molar-refractivity contribution in [3.63, 3.8) is 0 Å². The second-order valence-electron chi connectivity index (χ2n) is 5.61. The Morgan fingerprint density at radius 1 is 1.43 bits per heavy atom. The second-order valence-corrected chi connectivity index (χ2v) is 6.69. The molecule has 1 aliphatic heterocycles. The van der Waals surface area contributed by atoms with E-state index in [-0.39, 0.29) is 5.91 Å². The van der Waals surface area contributed by atoms with Crippen LogP contribution < -0.4 is 5.32 Å². The number of nitrogens with zero attached hydrogens (tertiary/aromatic N) is 2. The van der Waals surface area contributed by atoms with Gasteiger partial charge in [0.05, 0.1) is 5.69 Å². The highest BCUT2D eigenvalue weighted by Gasteiger charge is 2.21. The Kier molecular flexibility index (Phi) is 3.63. The Labute approximate surface area is 137 Å². The van der Waals surface area contributed by atoms with Crippen LogP contribution in [0.1, 0.15) is 28.0 Å². The van der Waals surface area contributed by atoms with Crippen molar-refractivity contribution < 1.29 is 9.21 Å². The van der Waals surface area contributed by atoms with Gasteiger partial charge in [0.25, 0.3) is 5.91 Å². The van der Waals surface area contributed by atoms with Crippen LogP contribution >= 0.6 is 11.3 Å². The lowest BCUT2D eigenvalue weighted by molar-refractivity contribution is 0.0998. The highest BCUT2D eigenvalue weighted by atomic mass is 32.1. The molecule has 3 aromatic rings. The monoisotopic (exact) mass is 327 g/mol. The van der Waals surface area contributed by atoms with Crippen LogP contribution in [0.4, 0.5) is 5.13 Å². The summed E-state index contributed by atoms with van der Waals surface area (Å²) >= 11 is 1.56. The summed E-state index contributed by atoms with van der Waals surface area (Å²) in [5.41, 5.74) is 1.83. The Balaban J connectivity index is 1.54. The van der Waals surface area contributed by atoms with E-state index in [1.165, 1.54) is 4.88 Å². The molecule has 0 spiro atoms. The van der Waals surface area contributed by atoms with Crippen LogP contribution in [-0.4, -0.2) is 28.9 Å². The van der Waals surface area contributed by atoms with Gasteiger partial charge in [0, 0.05) is 29.8 Å². The average Bonchev–Trinajstić information content (AvgIpc) is 3.17. The van der Waals surface area contributed by atoms with Crippen LogP contribution in [-0.2, 0) is 13.0 Å². The number of likely N-dealkylation sites (N-methyl/N-ethyl adjacent to an activating group) is 1. The van der Waals surface area contributed by atoms with Gasteiger partial charge in [-0.3, -0.25) is 15.0 Å². The Morgan fingerprint density at radius 3 is 3.13 bits per heavy atom. The zero-order chi connectivity index (χ0) is 15.8. The number of furan rings is 1. The number of amides is 1. The molecule has 0 fully saturated rings. The van der Waals surface area contributed by atoms with Gasteiger partial charge in [-0.1, -0.05) is 25.1 Å². The SMILES string of the molecule is CCN1CCc2nc(NC(=O)c3cc4ccccc4o3)sc2C1. The lowest BCUT2D eigenvalue weighted by Crippen LogP contribution is -2.29. The summed E-state index contributed by atoms with van der Waals surface area (Å²) in [5.74, 6) is 0.0641. The minimum atomic E-state index is -0.250. The van der Waals surface area contributed by atoms with E-state index in [1.54, 1.807) is 17.4 Å². The summed E-state index contributed by atoms with van der Waals surface area (Å²) in [6.45, 7) is 5.16. The summed E-state index contributed by atoms with van der Waals surface area (Å²) in [6, 6.07) is 9.36. The van der Waals surface area contributed by atoms with Crippen molar-refractivity contribution in [3.8, 4) is 0 Å². The molecular weight excluding hydrogens is 310 g/mol. The molecule has 1 aromatic carbocycles. The average molecular weight is 327 g/mol. The molecule has 1 amide bonds. The van der Waals surface area contributed by atoms with Gasteiger partial charge >= 0.3 is 0 Å². The first-order valence-electron chi connectivity index (χ1n) is 7.74. The maximum absolute atomic E-state index is 12.4. The van der Waals surface area contributed by atoms with Crippen molar-refractivity contribution in [2.75, 3.05) is 18.4 Å². The third-order valence-corrected chi connectivity index (χ3v) is 5.13. The van der Waals surface area contributed by atoms with Crippen LogP contribution in [0, 0.1) is 0 Å². The molecule has 4 rings (SSSR count). The molecule has 3 heterocycles. The Hall–Kier alpha value is -2.18. The van der Waals surface area contributed by atoms with Crippen LogP contribution in [0.25, 0.3) is 11.0 Å². The van der Waals surface area contributed by atoms with Crippen molar-refractivity contribution in [1.29, 1.82) is 0 Å². The lowest BCUT2D eigenvalue weighted by Gasteiger charge is -2.23. The molecule has 0 bridgehead atoms. The highest BCUT2D eigenvalue weighted by Crippen LogP contribution is 2.29. The van der Waals surface area contributed by atoms with Gasteiger partial charge in [0.15, 0.2) is 10.9 Å². The number of thiazole rings is 1. The largest absolute Gasteiger partial charge is 0.451 e. The first-order valence-corrected chi connectivity index (χ1v) is 8.55. The third-order valence-electron chi connectivity index (χ3n) is 4.13. The van der Waals surface area contributed by atoms with Gasteiger partial charge < -0.3 is 4.42 Å². The lowest BCUT2D eigenvalue weighted by atomic mass is 10.2. The molecule has 2 aromatic heterocycles. The van der Waals surface area contributed by atoms with Crippen molar-refractivity contribution in [2.24, 2.45) is 0 Å². The van der Waals surface area contributed by atoms with Crippen molar-refractivity contribution in [1.82, 2.24) is 9.88 Å². The first kappa shape index (κ1) is 14.4. The van der Waals surface area contributed by atoms with Crippen molar-refractivity contribution in [2.45, 2.75) is 19.9 Å². The standard InChI is InChI=1S/C17H17N3O2S/c1-2-20-8-7-12-15(10-20)23-17(18-12)19-16(21)14-9-11-5-3-4-6-13(11)22-14/h3-6,9H,2,7-8,10H2,1H3,(H,18,19,21). The third kappa shape index (κ3) is 2.75. The highest BCUT2D eigenvalue weighted by molar-refractivity contribution is 7.15. The quantitative estimate of drug-likeness (QED) is 0.799. The normalized spacial score (nSPS) is 14.8. The number of aromatic nitrogens is 1. The number of rotatable bonds is 3. The maximum atomic E-state index is 12.4. The summed E-state index contributed by atoms with van der Waals surface area (Å²) < 4.78 is 5.60. The van der Waals surface area contributed by atoms with Crippen molar-refractivity contribution >= 4 is 33.3 Å². The molecule has 1 aliphatic rings. The summed E-state index contributed by atoms with van der Waals surface area (Å²) in [5, 5.41) is 4.44. The van der Waals surface area contributed by atoms with E-state index in [0.29, 0.717) is 10.9 Å². The molecule has 5 nitrogen and oxygen atoms in total. The summed E-state index contributed by atoms with van der Waals surface area (Å²) in [7, 11) is 0. The van der Waals surface area contributed by atoms with Crippen LogP contribution in [0.3, 0.4) is 0 Å². The van der Waals surface area contributed by atoms with E-state index in [2.05, 4.69) is 22.1 Å². The molecule has 0 radical (unpaired) electrons. The van der Waals surface area contributed by atoms with E-state index in [4.69, 9.17) is 4.42 Å². The van der Waals surface area contributed by atoms with Crippen LogP contribution in [0.5, 0.6) is 0 Å². The molecule has 1 N–H and O–H groups in total. The van der Waals surface area contributed by atoms with Gasteiger partial charge in [-0.15, -0.1) is 11.3 Å². The van der Waals surface area contributed by atoms with Gasteiger partial charge in [-0.2, -0.15) is 0 Å². The number of fused-ring (bicyclic) bond motifs is 2. The van der Waals surface area contributed by atoms with E-state index >= 15 is 0 Å². The fourth-order valence-electron chi connectivity index (χ4n) is 2.82. The maximum Gasteiger partial charge on any atom is 0.293 e. The summed E-state index contributed by atoms with van der Waals surface area (Å²) in [4.78, 5) is 20.6. The minimum absolute atomic E-state index is 0.250. The van der Waals surface area contributed by atoms with E-state index < -0.39 is 0 Å². The van der Waals surface area contributed by atoms with Gasteiger partial charge in [-0.25, -0.2) is 4.98 Å². The predicted octanol–water partition coefficient (Wildman–Crippen LogP) is 3.52. The molecule has 23 heavy (non-hydrogen) atoms. The number of hydrogen-bond donors (Lipinski definition) is 1. The van der Waals surface area contributed by atoms with Crippen molar-refractivity contribution in [3.05, 3.63) is 46.7 Å². The zero-order valence-electron chi connectivity index (χ0n) is 12.8. The number of carbonyl (C=O) groups is 1. The molecule has 118 valence electrons. The molecule has 0 aliphatic carbocycles. The Bertz CT molecular complexity index is 835. The van der Waals surface area contributed by atoms with Gasteiger partial charge in [0.2, 0.25) is 0 Å². The number of para-hydroxylation sites is 1. The second kappa shape index (κ2) is 5.79. The predicted molar refractivity (Wildman–Crippen MR) is 90.9 cm³/mol. The molecule has 0 unspecified atom stereocenters.